The number of benzene rings is 1. The first-order chi connectivity index (χ1) is 13.8. The molecular weight excluding hydrogens is 379 g/mol. The van der Waals surface area contributed by atoms with Crippen molar-refractivity contribution in [2.45, 2.75) is 6.54 Å². The normalized spacial score (nSPS) is 13.4. The predicted molar refractivity (Wildman–Crippen MR) is 105 cm³/mol. The summed E-state index contributed by atoms with van der Waals surface area (Å²) in [4.78, 5) is 41.0. The van der Waals surface area contributed by atoms with Gasteiger partial charge in [0.1, 0.15) is 23.7 Å². The Bertz CT molecular complexity index is 973. The lowest BCUT2D eigenvalue weighted by atomic mass is 10.1. The topological polar surface area (TPSA) is 75.1 Å². The van der Waals surface area contributed by atoms with Crippen molar-refractivity contribution >= 4 is 11.8 Å². The molecule has 0 unspecified atom stereocenters. The zero-order chi connectivity index (χ0) is 21.1. The highest BCUT2D eigenvalue weighted by atomic mass is 19.1. The SMILES string of the molecule is COCCN1CN(C)n2cc(C(=O)N(C)Cc3ccc(F)cc3)c(=O)cc2C1=O. The van der Waals surface area contributed by atoms with Crippen molar-refractivity contribution in [1.29, 1.82) is 0 Å². The Hall–Kier alpha value is -3.20. The van der Waals surface area contributed by atoms with Crippen LogP contribution in [0.1, 0.15) is 26.4 Å². The molecule has 0 fully saturated rings. The number of fused-ring (bicyclic) bond motifs is 1. The summed E-state index contributed by atoms with van der Waals surface area (Å²) in [6.45, 7) is 1.31. The molecule has 2 aromatic rings. The standard InChI is InChI=1S/C20H23FN4O4/c1-22(11-14-4-6-15(21)7-5-14)19(27)16-12-25-17(10-18(16)26)20(28)24(8-9-29-3)13-23(25)2/h4-7,10,12H,8-9,11,13H2,1-3H3. The average molecular weight is 402 g/mol. The third-order valence-corrected chi connectivity index (χ3v) is 4.76. The summed E-state index contributed by atoms with van der Waals surface area (Å²) in [5.41, 5.74) is 0.366. The molecule has 0 N–H and O–H groups in total. The van der Waals surface area contributed by atoms with E-state index in [9.17, 15) is 18.8 Å². The van der Waals surface area contributed by atoms with E-state index < -0.39 is 11.3 Å². The van der Waals surface area contributed by atoms with E-state index in [1.165, 1.54) is 34.0 Å². The molecule has 1 aromatic carbocycles. The van der Waals surface area contributed by atoms with Crippen molar-refractivity contribution in [2.75, 3.05) is 46.0 Å². The molecule has 0 bridgehead atoms. The predicted octanol–water partition coefficient (Wildman–Crippen LogP) is 0.887. The lowest BCUT2D eigenvalue weighted by molar-refractivity contribution is 0.0632. The quantitative estimate of drug-likeness (QED) is 0.717. The molecule has 1 aliphatic rings. The molecule has 3 rings (SSSR count). The summed E-state index contributed by atoms with van der Waals surface area (Å²) in [6, 6.07) is 6.99. The van der Waals surface area contributed by atoms with Crippen molar-refractivity contribution < 1.29 is 18.7 Å². The third kappa shape index (κ3) is 4.29. The van der Waals surface area contributed by atoms with E-state index in [2.05, 4.69) is 0 Å². The fourth-order valence-electron chi connectivity index (χ4n) is 3.18. The van der Waals surface area contributed by atoms with Crippen molar-refractivity contribution in [3.05, 3.63) is 69.4 Å². The van der Waals surface area contributed by atoms with E-state index in [4.69, 9.17) is 4.74 Å². The molecule has 0 saturated carbocycles. The molecule has 29 heavy (non-hydrogen) atoms. The van der Waals surface area contributed by atoms with E-state index in [-0.39, 0.29) is 29.5 Å². The highest BCUT2D eigenvalue weighted by molar-refractivity contribution is 5.97. The highest BCUT2D eigenvalue weighted by Gasteiger charge is 2.29. The Morgan fingerprint density at radius 3 is 2.59 bits per heavy atom. The van der Waals surface area contributed by atoms with Crippen LogP contribution in [0.2, 0.25) is 0 Å². The fourth-order valence-corrected chi connectivity index (χ4v) is 3.18. The van der Waals surface area contributed by atoms with Gasteiger partial charge in [-0.25, -0.2) is 4.39 Å². The van der Waals surface area contributed by atoms with Gasteiger partial charge in [-0.1, -0.05) is 12.1 Å². The van der Waals surface area contributed by atoms with Gasteiger partial charge in [0.15, 0.2) is 5.43 Å². The molecule has 154 valence electrons. The zero-order valence-corrected chi connectivity index (χ0v) is 16.6. The smallest absolute Gasteiger partial charge is 0.274 e. The van der Waals surface area contributed by atoms with Crippen molar-refractivity contribution in [3.63, 3.8) is 0 Å². The van der Waals surface area contributed by atoms with Gasteiger partial charge in [0, 0.05) is 46.6 Å². The Kier molecular flexibility index (Phi) is 5.97. The second kappa shape index (κ2) is 8.44. The lowest BCUT2D eigenvalue weighted by Gasteiger charge is -2.37. The number of pyridine rings is 1. The Morgan fingerprint density at radius 1 is 1.24 bits per heavy atom. The minimum atomic E-state index is -0.525. The second-order valence-corrected chi connectivity index (χ2v) is 6.93. The number of rotatable bonds is 6. The van der Waals surface area contributed by atoms with Gasteiger partial charge in [-0.15, -0.1) is 0 Å². The largest absolute Gasteiger partial charge is 0.383 e. The van der Waals surface area contributed by atoms with E-state index in [0.29, 0.717) is 19.8 Å². The number of nitrogens with zero attached hydrogens (tertiary/aromatic N) is 4. The summed E-state index contributed by atoms with van der Waals surface area (Å²) < 4.78 is 19.6. The van der Waals surface area contributed by atoms with Crippen molar-refractivity contribution in [3.8, 4) is 0 Å². The van der Waals surface area contributed by atoms with E-state index in [1.54, 1.807) is 43.2 Å². The second-order valence-electron chi connectivity index (χ2n) is 6.93. The monoisotopic (exact) mass is 402 g/mol. The number of aromatic nitrogens is 1. The van der Waals surface area contributed by atoms with Crippen molar-refractivity contribution in [2.24, 2.45) is 0 Å². The van der Waals surface area contributed by atoms with E-state index >= 15 is 0 Å². The molecule has 1 aliphatic heterocycles. The van der Waals surface area contributed by atoms with Crippen LogP contribution in [0.3, 0.4) is 0 Å². The van der Waals surface area contributed by atoms with E-state index in [1.807, 2.05) is 0 Å². The molecule has 0 aliphatic carbocycles. The number of ether oxygens (including phenoxy) is 1. The van der Waals surface area contributed by atoms with E-state index in [0.717, 1.165) is 5.56 Å². The van der Waals surface area contributed by atoms with Gasteiger partial charge in [-0.05, 0) is 17.7 Å². The molecular formula is C20H23FN4O4. The maximum Gasteiger partial charge on any atom is 0.274 e. The van der Waals surface area contributed by atoms with Crippen LogP contribution in [0.15, 0.2) is 41.3 Å². The molecule has 9 heteroatoms. The molecule has 0 atom stereocenters. The third-order valence-electron chi connectivity index (χ3n) is 4.76. The Morgan fingerprint density at radius 2 is 1.93 bits per heavy atom. The van der Waals surface area contributed by atoms with Crippen molar-refractivity contribution in [1.82, 2.24) is 14.5 Å². The first-order valence-corrected chi connectivity index (χ1v) is 9.08. The van der Waals surface area contributed by atoms with Gasteiger partial charge in [0.05, 0.1) is 6.61 Å². The summed E-state index contributed by atoms with van der Waals surface area (Å²) in [6.07, 6.45) is 1.40. The maximum absolute atomic E-state index is 13.1. The van der Waals surface area contributed by atoms with Crippen LogP contribution >= 0.6 is 0 Å². The van der Waals surface area contributed by atoms with Crippen LogP contribution in [-0.2, 0) is 11.3 Å². The number of hydrogen-bond donors (Lipinski definition) is 0. The molecule has 0 saturated heterocycles. The van der Waals surface area contributed by atoms with Gasteiger partial charge in [-0.3, -0.25) is 24.1 Å². The molecule has 2 heterocycles. The zero-order valence-electron chi connectivity index (χ0n) is 16.6. The molecule has 0 radical (unpaired) electrons. The van der Waals surface area contributed by atoms with Crippen LogP contribution in [0.4, 0.5) is 4.39 Å². The minimum Gasteiger partial charge on any atom is -0.383 e. The first kappa shape index (κ1) is 20.5. The highest BCUT2D eigenvalue weighted by Crippen LogP contribution is 2.14. The fraction of sp³-hybridized carbons (Fsp3) is 0.350. The van der Waals surface area contributed by atoms with Crippen LogP contribution in [0.5, 0.6) is 0 Å². The van der Waals surface area contributed by atoms with Gasteiger partial charge in [0.2, 0.25) is 0 Å². The lowest BCUT2D eigenvalue weighted by Crippen LogP contribution is -2.53. The first-order valence-electron chi connectivity index (χ1n) is 9.08. The summed E-state index contributed by atoms with van der Waals surface area (Å²) in [5, 5.41) is 1.74. The average Bonchev–Trinajstić information content (AvgIpc) is 2.70. The van der Waals surface area contributed by atoms with Crippen LogP contribution in [0.25, 0.3) is 0 Å². The molecule has 1 aromatic heterocycles. The number of halogens is 1. The molecule has 2 amide bonds. The number of carbonyl (C=O) groups is 2. The van der Waals surface area contributed by atoms with Crippen LogP contribution < -0.4 is 10.4 Å². The maximum atomic E-state index is 13.1. The number of hydrogen-bond acceptors (Lipinski definition) is 5. The van der Waals surface area contributed by atoms with Crippen LogP contribution in [0, 0.1) is 5.82 Å². The van der Waals surface area contributed by atoms with Gasteiger partial charge < -0.3 is 14.5 Å². The summed E-state index contributed by atoms with van der Waals surface area (Å²) >= 11 is 0. The van der Waals surface area contributed by atoms with Gasteiger partial charge in [0.25, 0.3) is 11.8 Å². The Balaban J connectivity index is 1.85. The van der Waals surface area contributed by atoms with Gasteiger partial charge in [-0.2, -0.15) is 0 Å². The summed E-state index contributed by atoms with van der Waals surface area (Å²) in [7, 11) is 4.88. The van der Waals surface area contributed by atoms with Crippen LogP contribution in [-0.4, -0.2) is 67.3 Å². The number of amides is 2. The summed E-state index contributed by atoms with van der Waals surface area (Å²) in [5.74, 6) is -1.13. The number of carbonyl (C=O) groups excluding carboxylic acids is 2. The molecule has 0 spiro atoms. The number of methoxy groups -OCH3 is 1. The molecule has 8 nitrogen and oxygen atoms in total. The minimum absolute atomic E-state index is 0.0386. The Labute approximate surface area is 167 Å². The van der Waals surface area contributed by atoms with Gasteiger partial charge >= 0.3 is 0 Å².